The molecule has 0 saturated heterocycles. The van der Waals surface area contributed by atoms with Crippen LogP contribution in [0.3, 0.4) is 0 Å². The molecule has 100 valence electrons. The van der Waals surface area contributed by atoms with E-state index in [9.17, 15) is 4.79 Å². The second kappa shape index (κ2) is 6.39. The monoisotopic (exact) mass is 241 g/mol. The lowest BCUT2D eigenvalue weighted by atomic mass is 9.75. The Balaban J connectivity index is 2.70. The molecule has 0 aromatic rings. The number of esters is 1. The summed E-state index contributed by atoms with van der Waals surface area (Å²) in [5.41, 5.74) is -0.421. The van der Waals surface area contributed by atoms with Crippen molar-refractivity contribution in [2.24, 2.45) is 5.92 Å². The zero-order valence-electron chi connectivity index (χ0n) is 11.7. The Bertz CT molecular complexity index is 243. The summed E-state index contributed by atoms with van der Waals surface area (Å²) in [6.07, 6.45) is 5.33. The van der Waals surface area contributed by atoms with Gasteiger partial charge >= 0.3 is 5.97 Å². The Kier molecular flexibility index (Phi) is 5.44. The molecule has 0 aromatic heterocycles. The molecule has 0 amide bonds. The van der Waals surface area contributed by atoms with Gasteiger partial charge in [0.25, 0.3) is 0 Å². The van der Waals surface area contributed by atoms with Crippen LogP contribution in [-0.2, 0) is 9.53 Å². The van der Waals surface area contributed by atoms with E-state index in [1.54, 1.807) is 0 Å². The van der Waals surface area contributed by atoms with E-state index in [0.29, 0.717) is 12.6 Å². The van der Waals surface area contributed by atoms with Crippen LogP contribution in [0, 0.1) is 5.92 Å². The second-order valence-electron chi connectivity index (χ2n) is 5.45. The standard InChI is InChI=1S/C14H27NO2/c1-5-12-7-9-14(10-8-12,15-11(3)4)13(16)17-6-2/h11-12,15H,5-10H2,1-4H3. The van der Waals surface area contributed by atoms with E-state index >= 15 is 0 Å². The fraction of sp³-hybridized carbons (Fsp3) is 0.929. The van der Waals surface area contributed by atoms with Crippen molar-refractivity contribution >= 4 is 5.97 Å². The molecule has 0 atom stereocenters. The van der Waals surface area contributed by atoms with E-state index in [2.05, 4.69) is 26.1 Å². The Labute approximate surface area is 105 Å². The van der Waals surface area contributed by atoms with Crippen molar-refractivity contribution in [3.8, 4) is 0 Å². The van der Waals surface area contributed by atoms with Gasteiger partial charge in [0, 0.05) is 6.04 Å². The van der Waals surface area contributed by atoms with E-state index in [0.717, 1.165) is 31.6 Å². The summed E-state index contributed by atoms with van der Waals surface area (Å²) in [4.78, 5) is 12.2. The number of rotatable bonds is 5. The van der Waals surface area contributed by atoms with E-state index in [1.807, 2.05) is 6.92 Å². The lowest BCUT2D eigenvalue weighted by Crippen LogP contribution is -2.57. The van der Waals surface area contributed by atoms with Gasteiger partial charge in [0.15, 0.2) is 0 Å². The first-order valence-electron chi connectivity index (χ1n) is 6.99. The average Bonchev–Trinajstić information content (AvgIpc) is 2.29. The first-order chi connectivity index (χ1) is 8.04. The van der Waals surface area contributed by atoms with Gasteiger partial charge in [0.05, 0.1) is 6.61 Å². The minimum Gasteiger partial charge on any atom is -0.465 e. The first kappa shape index (κ1) is 14.5. The van der Waals surface area contributed by atoms with E-state index < -0.39 is 5.54 Å². The highest BCUT2D eigenvalue weighted by atomic mass is 16.5. The van der Waals surface area contributed by atoms with Crippen LogP contribution in [0.25, 0.3) is 0 Å². The van der Waals surface area contributed by atoms with Gasteiger partial charge in [-0.25, -0.2) is 0 Å². The van der Waals surface area contributed by atoms with Gasteiger partial charge < -0.3 is 4.74 Å². The molecule has 1 aliphatic rings. The number of hydrogen-bond acceptors (Lipinski definition) is 3. The Morgan fingerprint density at radius 3 is 2.35 bits per heavy atom. The molecular weight excluding hydrogens is 214 g/mol. The third-order valence-electron chi connectivity index (χ3n) is 3.77. The summed E-state index contributed by atoms with van der Waals surface area (Å²) in [5, 5.41) is 3.45. The molecule has 1 fully saturated rings. The molecule has 0 unspecified atom stereocenters. The van der Waals surface area contributed by atoms with Crippen molar-refractivity contribution in [3.05, 3.63) is 0 Å². The minimum absolute atomic E-state index is 0.0525. The maximum Gasteiger partial charge on any atom is 0.326 e. The molecule has 1 saturated carbocycles. The lowest BCUT2D eigenvalue weighted by molar-refractivity contribution is -0.153. The van der Waals surface area contributed by atoms with Crippen LogP contribution in [0.5, 0.6) is 0 Å². The molecule has 17 heavy (non-hydrogen) atoms. The molecule has 3 nitrogen and oxygen atoms in total. The van der Waals surface area contributed by atoms with Gasteiger partial charge in [0.2, 0.25) is 0 Å². The smallest absolute Gasteiger partial charge is 0.326 e. The van der Waals surface area contributed by atoms with Crippen LogP contribution in [0.2, 0.25) is 0 Å². The lowest BCUT2D eigenvalue weighted by Gasteiger charge is -2.40. The Morgan fingerprint density at radius 2 is 1.94 bits per heavy atom. The second-order valence-corrected chi connectivity index (χ2v) is 5.45. The van der Waals surface area contributed by atoms with Gasteiger partial charge in [-0.05, 0) is 52.4 Å². The first-order valence-corrected chi connectivity index (χ1v) is 6.99. The highest BCUT2D eigenvalue weighted by molar-refractivity contribution is 5.81. The van der Waals surface area contributed by atoms with Gasteiger partial charge in [-0.3, -0.25) is 10.1 Å². The van der Waals surface area contributed by atoms with Crippen molar-refractivity contribution in [2.45, 2.75) is 71.4 Å². The zero-order chi connectivity index (χ0) is 12.9. The summed E-state index contributed by atoms with van der Waals surface area (Å²) in [5.74, 6) is 0.731. The van der Waals surface area contributed by atoms with Crippen LogP contribution in [-0.4, -0.2) is 24.2 Å². The number of hydrogen-bond donors (Lipinski definition) is 1. The van der Waals surface area contributed by atoms with E-state index in [-0.39, 0.29) is 5.97 Å². The Morgan fingerprint density at radius 1 is 1.35 bits per heavy atom. The fourth-order valence-electron chi connectivity index (χ4n) is 2.81. The third kappa shape index (κ3) is 3.70. The maximum absolute atomic E-state index is 12.2. The molecule has 1 aliphatic carbocycles. The van der Waals surface area contributed by atoms with Crippen LogP contribution >= 0.6 is 0 Å². The molecule has 0 bridgehead atoms. The fourth-order valence-corrected chi connectivity index (χ4v) is 2.81. The van der Waals surface area contributed by atoms with Crippen LogP contribution in [0.15, 0.2) is 0 Å². The number of ether oxygens (including phenoxy) is 1. The normalized spacial score (nSPS) is 29.4. The molecule has 0 spiro atoms. The molecule has 0 aromatic carbocycles. The van der Waals surface area contributed by atoms with Crippen molar-refractivity contribution in [3.63, 3.8) is 0 Å². The third-order valence-corrected chi connectivity index (χ3v) is 3.77. The van der Waals surface area contributed by atoms with Crippen LogP contribution in [0.4, 0.5) is 0 Å². The van der Waals surface area contributed by atoms with Crippen molar-refractivity contribution in [1.82, 2.24) is 5.32 Å². The van der Waals surface area contributed by atoms with Crippen molar-refractivity contribution < 1.29 is 9.53 Å². The molecule has 1 N–H and O–H groups in total. The SMILES string of the molecule is CCOC(=O)C1(NC(C)C)CCC(CC)CC1. The van der Waals surface area contributed by atoms with Crippen molar-refractivity contribution in [2.75, 3.05) is 6.61 Å². The molecule has 0 radical (unpaired) electrons. The largest absolute Gasteiger partial charge is 0.465 e. The van der Waals surface area contributed by atoms with E-state index in [4.69, 9.17) is 4.74 Å². The topological polar surface area (TPSA) is 38.3 Å². The van der Waals surface area contributed by atoms with Gasteiger partial charge in [-0.15, -0.1) is 0 Å². The average molecular weight is 241 g/mol. The van der Waals surface area contributed by atoms with Crippen molar-refractivity contribution in [1.29, 1.82) is 0 Å². The number of carbonyl (C=O) groups is 1. The number of carbonyl (C=O) groups excluding carboxylic acids is 1. The predicted molar refractivity (Wildman–Crippen MR) is 69.9 cm³/mol. The summed E-state index contributed by atoms with van der Waals surface area (Å²) < 4.78 is 5.25. The minimum atomic E-state index is -0.421. The molecular formula is C14H27NO2. The quantitative estimate of drug-likeness (QED) is 0.752. The van der Waals surface area contributed by atoms with Crippen LogP contribution < -0.4 is 5.32 Å². The summed E-state index contributed by atoms with van der Waals surface area (Å²) in [6, 6.07) is 0.317. The highest BCUT2D eigenvalue weighted by Crippen LogP contribution is 2.35. The summed E-state index contributed by atoms with van der Waals surface area (Å²) in [7, 11) is 0. The van der Waals surface area contributed by atoms with Crippen LogP contribution in [0.1, 0.15) is 59.8 Å². The predicted octanol–water partition coefficient (Wildman–Crippen LogP) is 2.89. The maximum atomic E-state index is 12.2. The number of nitrogens with one attached hydrogen (secondary N) is 1. The molecule has 0 aliphatic heterocycles. The molecule has 3 heteroatoms. The van der Waals surface area contributed by atoms with Gasteiger partial charge in [0.1, 0.15) is 5.54 Å². The summed E-state index contributed by atoms with van der Waals surface area (Å²) >= 11 is 0. The van der Waals surface area contributed by atoms with Gasteiger partial charge in [-0.1, -0.05) is 13.3 Å². The van der Waals surface area contributed by atoms with Gasteiger partial charge in [-0.2, -0.15) is 0 Å². The van der Waals surface area contributed by atoms with E-state index in [1.165, 1.54) is 6.42 Å². The highest BCUT2D eigenvalue weighted by Gasteiger charge is 2.42. The molecule has 0 heterocycles. The zero-order valence-corrected chi connectivity index (χ0v) is 11.7. The summed E-state index contributed by atoms with van der Waals surface area (Å²) in [6.45, 7) is 8.76. The molecule has 1 rings (SSSR count). The Hall–Kier alpha value is -0.570.